The number of nitro groups is 1. The fourth-order valence-corrected chi connectivity index (χ4v) is 6.09. The molecule has 0 aliphatic carbocycles. The van der Waals surface area contributed by atoms with Crippen molar-refractivity contribution in [2.45, 2.75) is 13.0 Å². The van der Waals surface area contributed by atoms with Crippen molar-refractivity contribution in [1.82, 2.24) is 9.34 Å². The summed E-state index contributed by atoms with van der Waals surface area (Å²) in [6.45, 7) is 4.54. The lowest BCUT2D eigenvalue weighted by molar-refractivity contribution is -0.385. The molecule has 3 aromatic carbocycles. The van der Waals surface area contributed by atoms with E-state index >= 15 is 0 Å². The Labute approximate surface area is 200 Å². The average Bonchev–Trinajstić information content (AvgIpc) is 3.71. The van der Waals surface area contributed by atoms with Crippen LogP contribution < -0.4 is 4.74 Å². The second kappa shape index (κ2) is 9.13. The summed E-state index contributed by atoms with van der Waals surface area (Å²) in [6, 6.07) is 13.7. The number of hydrogen-bond donors (Lipinski definition) is 0. The maximum absolute atomic E-state index is 14.8. The van der Waals surface area contributed by atoms with E-state index in [1.54, 1.807) is 16.3 Å². The van der Waals surface area contributed by atoms with Gasteiger partial charge in [-0.1, -0.05) is 12.1 Å². The summed E-state index contributed by atoms with van der Waals surface area (Å²) in [5, 5.41) is 11.6. The van der Waals surface area contributed by atoms with Crippen LogP contribution in [0.15, 0.2) is 60.7 Å². The maximum atomic E-state index is 14.8. The van der Waals surface area contributed by atoms with Crippen LogP contribution in [-0.2, 0) is 9.09 Å². The third-order valence-corrected chi connectivity index (χ3v) is 8.65. The van der Waals surface area contributed by atoms with E-state index in [2.05, 4.69) is 0 Å². The van der Waals surface area contributed by atoms with Gasteiger partial charge in [0.2, 0.25) is 5.75 Å². The van der Waals surface area contributed by atoms with Crippen molar-refractivity contribution >= 4 is 13.4 Å². The van der Waals surface area contributed by atoms with Gasteiger partial charge in [0.1, 0.15) is 17.4 Å². The van der Waals surface area contributed by atoms with Crippen LogP contribution in [0.4, 0.5) is 14.5 Å². The van der Waals surface area contributed by atoms with Crippen molar-refractivity contribution in [3.63, 3.8) is 0 Å². The second-order valence-corrected chi connectivity index (χ2v) is 10.7. The predicted molar refractivity (Wildman–Crippen MR) is 125 cm³/mol. The minimum atomic E-state index is -3.10. The molecule has 35 heavy (non-hydrogen) atoms. The molecule has 0 amide bonds. The quantitative estimate of drug-likeness (QED) is 0.151. The van der Waals surface area contributed by atoms with Crippen LogP contribution >= 0.6 is 7.67 Å². The minimum absolute atomic E-state index is 0.0565. The standard InChI is InChI=1S/C24H22F2N3O5P/c1-16(34-35(32,27-10-11-27)28-12-13-28)18-4-9-23(29(30)31)24(14-18)33-20-7-8-21(22(26)15-20)17-2-5-19(25)6-3-17/h2-9,14-16H,10-13H2,1H3. The summed E-state index contributed by atoms with van der Waals surface area (Å²) in [6.07, 6.45) is -0.622. The summed E-state index contributed by atoms with van der Waals surface area (Å²) in [7, 11) is -3.10. The fourth-order valence-electron chi connectivity index (χ4n) is 3.74. The van der Waals surface area contributed by atoms with E-state index in [1.807, 2.05) is 0 Å². The lowest BCUT2D eigenvalue weighted by Gasteiger charge is -2.24. The molecule has 0 N–H and O–H groups in total. The zero-order valence-electron chi connectivity index (χ0n) is 18.8. The van der Waals surface area contributed by atoms with Gasteiger partial charge in [0, 0.05) is 43.9 Å². The smallest absolute Gasteiger partial charge is 0.346 e. The number of nitrogens with zero attached hydrogens (tertiary/aromatic N) is 3. The van der Waals surface area contributed by atoms with Crippen LogP contribution in [-0.4, -0.2) is 40.4 Å². The summed E-state index contributed by atoms with van der Waals surface area (Å²) in [5.74, 6) is -1.09. The first-order valence-corrected chi connectivity index (χ1v) is 12.6. The lowest BCUT2D eigenvalue weighted by Crippen LogP contribution is -2.10. The van der Waals surface area contributed by atoms with Gasteiger partial charge < -0.3 is 4.74 Å². The van der Waals surface area contributed by atoms with Crippen LogP contribution in [0.5, 0.6) is 11.5 Å². The molecule has 3 aromatic rings. The predicted octanol–water partition coefficient (Wildman–Crippen LogP) is 6.15. The van der Waals surface area contributed by atoms with Crippen molar-refractivity contribution in [3.05, 3.63) is 88.0 Å². The molecule has 5 rings (SSSR count). The molecule has 2 heterocycles. The summed E-state index contributed by atoms with van der Waals surface area (Å²) in [5.41, 5.74) is 0.960. The Morgan fingerprint density at radius 2 is 1.63 bits per heavy atom. The Bertz CT molecular complexity index is 1310. The Morgan fingerprint density at radius 3 is 2.20 bits per heavy atom. The summed E-state index contributed by atoms with van der Waals surface area (Å²) >= 11 is 0. The fraction of sp³-hybridized carbons (Fsp3) is 0.250. The van der Waals surface area contributed by atoms with E-state index in [0.717, 1.165) is 6.07 Å². The molecule has 1 unspecified atom stereocenters. The molecule has 0 spiro atoms. The highest BCUT2D eigenvalue weighted by atomic mass is 31.2. The largest absolute Gasteiger partial charge is 0.450 e. The van der Waals surface area contributed by atoms with Gasteiger partial charge in [-0.25, -0.2) is 18.1 Å². The number of hydrogen-bond acceptors (Lipinski definition) is 5. The van der Waals surface area contributed by atoms with Crippen molar-refractivity contribution in [3.8, 4) is 22.6 Å². The zero-order chi connectivity index (χ0) is 24.7. The molecule has 8 nitrogen and oxygen atoms in total. The number of benzene rings is 3. The number of ether oxygens (including phenoxy) is 1. The zero-order valence-corrected chi connectivity index (χ0v) is 19.7. The van der Waals surface area contributed by atoms with Gasteiger partial charge in [-0.15, -0.1) is 0 Å². The lowest BCUT2D eigenvalue weighted by atomic mass is 10.0. The Kier molecular flexibility index (Phi) is 6.14. The molecule has 2 saturated heterocycles. The van der Waals surface area contributed by atoms with E-state index in [-0.39, 0.29) is 22.7 Å². The molecular formula is C24H22F2N3O5P. The maximum Gasteiger partial charge on any atom is 0.346 e. The Hall–Kier alpha value is -3.17. The van der Waals surface area contributed by atoms with Crippen LogP contribution in [0.1, 0.15) is 18.6 Å². The molecular weight excluding hydrogens is 479 g/mol. The van der Waals surface area contributed by atoms with Gasteiger partial charge in [0.25, 0.3) is 0 Å². The Morgan fingerprint density at radius 1 is 0.971 bits per heavy atom. The van der Waals surface area contributed by atoms with E-state index < -0.39 is 30.3 Å². The highest BCUT2D eigenvalue weighted by Crippen LogP contribution is 2.63. The molecule has 0 radical (unpaired) electrons. The molecule has 1 atom stereocenters. The molecule has 182 valence electrons. The van der Waals surface area contributed by atoms with Gasteiger partial charge in [-0.3, -0.25) is 19.2 Å². The molecule has 2 fully saturated rings. The average molecular weight is 501 g/mol. The Balaban J connectivity index is 1.40. The van der Waals surface area contributed by atoms with Gasteiger partial charge >= 0.3 is 13.4 Å². The third kappa shape index (κ3) is 4.97. The van der Waals surface area contributed by atoms with E-state index in [0.29, 0.717) is 37.3 Å². The van der Waals surface area contributed by atoms with E-state index in [4.69, 9.17) is 9.26 Å². The minimum Gasteiger partial charge on any atom is -0.450 e. The first-order valence-electron chi connectivity index (χ1n) is 11.1. The number of rotatable bonds is 9. The van der Waals surface area contributed by atoms with Crippen molar-refractivity contribution in [2.24, 2.45) is 0 Å². The van der Waals surface area contributed by atoms with Gasteiger partial charge in [0.15, 0.2) is 0 Å². The summed E-state index contributed by atoms with van der Waals surface area (Å²) in [4.78, 5) is 11.0. The molecule has 0 aromatic heterocycles. The summed E-state index contributed by atoms with van der Waals surface area (Å²) < 4.78 is 56.5. The van der Waals surface area contributed by atoms with Crippen molar-refractivity contribution in [2.75, 3.05) is 26.2 Å². The van der Waals surface area contributed by atoms with Crippen LogP contribution in [0.2, 0.25) is 0 Å². The highest BCUT2D eigenvalue weighted by Gasteiger charge is 2.50. The van der Waals surface area contributed by atoms with Gasteiger partial charge in [-0.2, -0.15) is 0 Å². The molecule has 0 saturated carbocycles. The molecule has 2 aliphatic heterocycles. The molecule has 0 bridgehead atoms. The van der Waals surface area contributed by atoms with E-state index in [9.17, 15) is 23.5 Å². The number of halogens is 2. The highest BCUT2D eigenvalue weighted by molar-refractivity contribution is 7.54. The monoisotopic (exact) mass is 501 g/mol. The molecule has 2 aliphatic rings. The number of nitro benzene ring substituents is 1. The first kappa shape index (κ1) is 23.6. The SMILES string of the molecule is CC(OP(=O)(N1CC1)N1CC1)c1ccc([N+](=O)[O-])c(Oc2ccc(-c3ccc(F)cc3)c(F)c2)c1. The van der Waals surface area contributed by atoms with Crippen molar-refractivity contribution < 1.29 is 27.5 Å². The molecule has 11 heteroatoms. The normalized spacial score (nSPS) is 16.7. The van der Waals surface area contributed by atoms with E-state index in [1.165, 1.54) is 54.6 Å². The van der Waals surface area contributed by atoms with Gasteiger partial charge in [0.05, 0.1) is 11.0 Å². The topological polar surface area (TPSA) is 84.7 Å². The van der Waals surface area contributed by atoms with Crippen LogP contribution in [0, 0.1) is 21.7 Å². The third-order valence-electron chi connectivity index (χ3n) is 5.83. The van der Waals surface area contributed by atoms with Gasteiger partial charge in [-0.05, 0) is 54.4 Å². The van der Waals surface area contributed by atoms with Crippen molar-refractivity contribution in [1.29, 1.82) is 0 Å². The van der Waals surface area contributed by atoms with Crippen LogP contribution in [0.25, 0.3) is 11.1 Å². The second-order valence-electron chi connectivity index (χ2n) is 8.38. The van der Waals surface area contributed by atoms with Crippen LogP contribution in [0.3, 0.4) is 0 Å². The first-order chi connectivity index (χ1) is 16.7.